The summed E-state index contributed by atoms with van der Waals surface area (Å²) in [5.41, 5.74) is 0.568. The predicted molar refractivity (Wildman–Crippen MR) is 80.0 cm³/mol. The van der Waals surface area contributed by atoms with Crippen LogP contribution in [-0.2, 0) is 0 Å². The topological polar surface area (TPSA) is 20.2 Å². The van der Waals surface area contributed by atoms with E-state index in [1.807, 2.05) is 66.7 Å². The van der Waals surface area contributed by atoms with Crippen molar-refractivity contribution in [3.8, 4) is 18.1 Å². The van der Waals surface area contributed by atoms with Gasteiger partial charge in [-0.15, -0.1) is 6.42 Å². The average Bonchev–Trinajstić information content (AvgIpc) is 2.49. The Labute approximate surface area is 113 Å². The lowest BCUT2D eigenvalue weighted by atomic mass is 10.0. The van der Waals surface area contributed by atoms with Crippen LogP contribution in [0.1, 0.15) is 5.56 Å². The van der Waals surface area contributed by atoms with Crippen LogP contribution in [0, 0.1) is 12.3 Å². The molecule has 0 aromatic heterocycles. The third-order valence-corrected chi connectivity index (χ3v) is 2.72. The van der Waals surface area contributed by atoms with Crippen molar-refractivity contribution in [3.05, 3.63) is 78.4 Å². The van der Waals surface area contributed by atoms with Crippen LogP contribution >= 0.6 is 0 Å². The van der Waals surface area contributed by atoms with Crippen LogP contribution in [0.5, 0.6) is 5.75 Å². The maximum Gasteiger partial charge on any atom is 0.131 e. The molecule has 0 saturated heterocycles. The number of hydrogen-bond donors (Lipinski definition) is 1. The summed E-state index contributed by atoms with van der Waals surface area (Å²) in [5.74, 6) is 2.66. The Morgan fingerprint density at radius 3 is 1.89 bits per heavy atom. The highest BCUT2D eigenvalue weighted by atomic mass is 16.3. The van der Waals surface area contributed by atoms with E-state index in [0.717, 1.165) is 10.8 Å². The fraction of sp³-hybridized carbons (Fsp3) is 0. The van der Waals surface area contributed by atoms with E-state index >= 15 is 0 Å². The zero-order valence-corrected chi connectivity index (χ0v) is 10.5. The highest BCUT2D eigenvalue weighted by Crippen LogP contribution is 2.25. The lowest BCUT2D eigenvalue weighted by Gasteiger charge is -2.02. The Bertz CT molecular complexity index is 667. The fourth-order valence-corrected chi connectivity index (χ4v) is 1.80. The molecule has 1 nitrogen and oxygen atoms in total. The molecule has 3 aromatic rings. The normalized spacial score (nSPS) is 9.21. The molecule has 0 radical (unpaired) electrons. The first kappa shape index (κ1) is 12.7. The molecule has 19 heavy (non-hydrogen) atoms. The molecule has 1 heteroatoms. The van der Waals surface area contributed by atoms with Gasteiger partial charge >= 0.3 is 0 Å². The molecule has 92 valence electrons. The molecular weight excluding hydrogens is 232 g/mol. The van der Waals surface area contributed by atoms with Gasteiger partial charge in [-0.3, -0.25) is 0 Å². The molecule has 0 bridgehead atoms. The van der Waals surface area contributed by atoms with Gasteiger partial charge in [-0.2, -0.15) is 0 Å². The summed E-state index contributed by atoms with van der Waals surface area (Å²) in [6, 6.07) is 23.2. The smallest absolute Gasteiger partial charge is 0.131 e. The minimum Gasteiger partial charge on any atom is -0.507 e. The molecule has 0 unspecified atom stereocenters. The number of hydrogen-bond acceptors (Lipinski definition) is 1. The maximum absolute atomic E-state index is 9.47. The van der Waals surface area contributed by atoms with Crippen molar-refractivity contribution in [2.24, 2.45) is 0 Å². The molecule has 3 rings (SSSR count). The average molecular weight is 246 g/mol. The molecule has 0 aliphatic rings. The molecule has 0 saturated carbocycles. The van der Waals surface area contributed by atoms with E-state index in [1.54, 1.807) is 6.07 Å². The van der Waals surface area contributed by atoms with Gasteiger partial charge in [0.25, 0.3) is 0 Å². The fourth-order valence-electron chi connectivity index (χ4n) is 1.80. The third-order valence-electron chi connectivity index (χ3n) is 2.72. The Morgan fingerprint density at radius 2 is 1.32 bits per heavy atom. The third kappa shape index (κ3) is 3.14. The van der Waals surface area contributed by atoms with Crippen molar-refractivity contribution in [3.63, 3.8) is 0 Å². The summed E-state index contributed by atoms with van der Waals surface area (Å²) in [6.45, 7) is 0. The second-order valence-corrected chi connectivity index (χ2v) is 3.98. The van der Waals surface area contributed by atoms with Crippen LogP contribution in [0.25, 0.3) is 10.8 Å². The second kappa shape index (κ2) is 6.28. The molecule has 0 fully saturated rings. The molecule has 0 spiro atoms. The van der Waals surface area contributed by atoms with Crippen molar-refractivity contribution in [2.75, 3.05) is 0 Å². The van der Waals surface area contributed by atoms with E-state index in [2.05, 4.69) is 5.92 Å². The summed E-state index contributed by atoms with van der Waals surface area (Å²) < 4.78 is 0. The first-order valence-electron chi connectivity index (χ1n) is 6.00. The number of phenols is 1. The Balaban J connectivity index is 0.000000186. The van der Waals surface area contributed by atoms with Gasteiger partial charge in [-0.1, -0.05) is 72.7 Å². The summed E-state index contributed by atoms with van der Waals surface area (Å²) in [4.78, 5) is 0. The lowest BCUT2D eigenvalue weighted by Crippen LogP contribution is -1.79. The summed E-state index contributed by atoms with van der Waals surface area (Å²) >= 11 is 0. The highest BCUT2D eigenvalue weighted by Gasteiger charge is 2.02. The minimum atomic E-state index is 0.168. The number of benzene rings is 3. The standard InChI is InChI=1S/C12H8O.C6H6/c1-2-10-11-6-4-3-5-9(11)7-8-12(10)13;1-2-4-6-5-3-1/h1,3-8,13H;1-6H. The van der Waals surface area contributed by atoms with Gasteiger partial charge < -0.3 is 5.11 Å². The summed E-state index contributed by atoms with van der Waals surface area (Å²) in [6.07, 6.45) is 5.31. The van der Waals surface area contributed by atoms with Crippen molar-refractivity contribution >= 4 is 10.8 Å². The first-order valence-corrected chi connectivity index (χ1v) is 6.00. The van der Waals surface area contributed by atoms with Gasteiger partial charge in [0.1, 0.15) is 5.75 Å². The molecule has 0 heterocycles. The van der Waals surface area contributed by atoms with Crippen LogP contribution in [0.15, 0.2) is 72.8 Å². The van der Waals surface area contributed by atoms with E-state index in [-0.39, 0.29) is 5.75 Å². The molecule has 0 aliphatic carbocycles. The zero-order valence-electron chi connectivity index (χ0n) is 10.5. The predicted octanol–water partition coefficient (Wildman–Crippen LogP) is 4.21. The monoisotopic (exact) mass is 246 g/mol. The summed E-state index contributed by atoms with van der Waals surface area (Å²) in [7, 11) is 0. The van der Waals surface area contributed by atoms with Gasteiger partial charge in [0.15, 0.2) is 0 Å². The van der Waals surface area contributed by atoms with E-state index in [0.29, 0.717) is 5.56 Å². The summed E-state index contributed by atoms with van der Waals surface area (Å²) in [5, 5.41) is 11.4. The van der Waals surface area contributed by atoms with Gasteiger partial charge in [-0.25, -0.2) is 0 Å². The molecule has 0 atom stereocenters. The van der Waals surface area contributed by atoms with Gasteiger partial charge in [0, 0.05) is 5.39 Å². The second-order valence-electron chi connectivity index (χ2n) is 3.98. The molecular formula is C18H14O. The maximum atomic E-state index is 9.47. The highest BCUT2D eigenvalue weighted by molar-refractivity contribution is 5.90. The number of phenolic OH excluding ortho intramolecular Hbond substituents is 1. The number of fused-ring (bicyclic) bond motifs is 1. The number of aromatic hydroxyl groups is 1. The van der Waals surface area contributed by atoms with E-state index < -0.39 is 0 Å². The molecule has 0 aliphatic heterocycles. The Morgan fingerprint density at radius 1 is 0.737 bits per heavy atom. The SMILES string of the molecule is C#Cc1c(O)ccc2ccccc12.c1ccccc1. The van der Waals surface area contributed by atoms with Crippen molar-refractivity contribution < 1.29 is 5.11 Å². The molecule has 0 amide bonds. The number of terminal acetylenes is 1. The van der Waals surface area contributed by atoms with Crippen LogP contribution in [-0.4, -0.2) is 5.11 Å². The number of rotatable bonds is 0. The molecule has 3 aromatic carbocycles. The van der Waals surface area contributed by atoms with Crippen LogP contribution < -0.4 is 0 Å². The van der Waals surface area contributed by atoms with Crippen molar-refractivity contribution in [1.82, 2.24) is 0 Å². The van der Waals surface area contributed by atoms with Crippen LogP contribution in [0.3, 0.4) is 0 Å². The lowest BCUT2D eigenvalue weighted by molar-refractivity contribution is 0.474. The van der Waals surface area contributed by atoms with Gasteiger partial charge in [-0.05, 0) is 11.5 Å². The largest absolute Gasteiger partial charge is 0.507 e. The Hall–Kier alpha value is -2.72. The van der Waals surface area contributed by atoms with Crippen LogP contribution in [0.2, 0.25) is 0 Å². The van der Waals surface area contributed by atoms with Crippen molar-refractivity contribution in [2.45, 2.75) is 0 Å². The van der Waals surface area contributed by atoms with Crippen molar-refractivity contribution in [1.29, 1.82) is 0 Å². The zero-order chi connectivity index (χ0) is 13.5. The Kier molecular flexibility index (Phi) is 4.21. The molecule has 1 N–H and O–H groups in total. The minimum absolute atomic E-state index is 0.168. The van der Waals surface area contributed by atoms with E-state index in [1.165, 1.54) is 0 Å². The van der Waals surface area contributed by atoms with Crippen LogP contribution in [0.4, 0.5) is 0 Å². The first-order chi connectivity index (χ1) is 9.33. The van der Waals surface area contributed by atoms with E-state index in [4.69, 9.17) is 6.42 Å². The van der Waals surface area contributed by atoms with E-state index in [9.17, 15) is 5.11 Å². The van der Waals surface area contributed by atoms with Gasteiger partial charge in [0.2, 0.25) is 0 Å². The quantitative estimate of drug-likeness (QED) is 0.589. The van der Waals surface area contributed by atoms with Gasteiger partial charge in [0.05, 0.1) is 5.56 Å².